The van der Waals surface area contributed by atoms with Crippen molar-refractivity contribution in [3.05, 3.63) is 0 Å². The van der Waals surface area contributed by atoms with Crippen molar-refractivity contribution in [1.29, 1.82) is 0 Å². The molecule has 0 heterocycles. The van der Waals surface area contributed by atoms with Gasteiger partial charge in [-0.25, -0.2) is 46.9 Å². The Labute approximate surface area is 285 Å². The Kier molecular flexibility index (Phi) is 28.8. The Morgan fingerprint density at radius 1 is 0.609 bits per heavy atom. The van der Waals surface area contributed by atoms with Gasteiger partial charge in [0.25, 0.3) is 0 Å². The molecule has 0 bridgehead atoms. The standard InChI is InChI=1S/C14H28N2O4S2.C6H12N2O4S2.2ClHO4/c1-13(2,3)19-11(17)9(15)7-21-22-8-10(16)12(18)20-14(4,5)6;7-3(5(9)10)1-13-14-2-4(8)6(11)12;2*2-1(3,4)5/h9-10H,7-8,15-16H2,1-6H3;3-4H,1-2,7-8H2,(H,9,10)(H,11,12);2*(H,2,3,4,5)/t9-,10-;3-,4-;;/m00../s1. The minimum absolute atomic E-state index is 0.229. The minimum Gasteiger partial charge on any atom is -0.480 e. The molecule has 276 valence electrons. The van der Waals surface area contributed by atoms with Crippen LogP contribution in [0.1, 0.15) is 41.5 Å². The molecule has 0 aliphatic carbocycles. The highest BCUT2D eigenvalue weighted by molar-refractivity contribution is 8.77. The lowest BCUT2D eigenvalue weighted by Crippen LogP contribution is -2.68. The van der Waals surface area contributed by atoms with Crippen molar-refractivity contribution in [2.24, 2.45) is 11.5 Å². The number of aliphatic carboxylic acids is 2. The number of quaternary nitrogens is 2. The third-order valence-electron chi connectivity index (χ3n) is 3.31. The lowest BCUT2D eigenvalue weighted by atomic mass is 10.2. The number of carboxylic acid groups (broad SMARTS) is 2. The first-order valence-electron chi connectivity index (χ1n) is 12.1. The smallest absolute Gasteiger partial charge is 0.366 e. The van der Waals surface area contributed by atoms with Crippen molar-refractivity contribution in [1.82, 2.24) is 0 Å². The molecule has 0 radical (unpaired) electrons. The summed E-state index contributed by atoms with van der Waals surface area (Å²) in [5.41, 5.74) is 17.0. The second kappa shape index (κ2) is 25.4. The van der Waals surface area contributed by atoms with Crippen LogP contribution in [0, 0.1) is 20.5 Å². The SMILES string of the molecule is CC(C)(C)OC(=O)[C@@H]([NH3+])CSSC[C@H]([NH3+])C(=O)OC(C)(C)C.N[C@@H](CSSC[C@H](N)C(=O)O)C(=O)O.[O-][Cl+3]([O-])([O-])[O-].[O-][Cl+3]([O-])([O-])[O-]. The van der Waals surface area contributed by atoms with E-state index in [1.807, 2.05) is 41.5 Å². The zero-order valence-electron chi connectivity index (χ0n) is 25.7. The summed E-state index contributed by atoms with van der Waals surface area (Å²) in [6, 6.07) is -2.70. The minimum atomic E-state index is -4.94. The number of hydrogen-bond donors (Lipinski definition) is 6. The van der Waals surface area contributed by atoms with Crippen LogP contribution in [-0.2, 0) is 28.7 Å². The molecule has 0 saturated heterocycles. The first-order valence-corrected chi connectivity index (χ1v) is 19.5. The van der Waals surface area contributed by atoms with E-state index < -0.39 is 67.8 Å². The van der Waals surface area contributed by atoms with Gasteiger partial charge in [0.1, 0.15) is 23.3 Å². The summed E-state index contributed by atoms with van der Waals surface area (Å²) in [4.78, 5) is 44.1. The van der Waals surface area contributed by atoms with Gasteiger partial charge in [-0.1, -0.05) is 43.2 Å². The highest BCUT2D eigenvalue weighted by atomic mass is 35.7. The molecule has 0 aromatic rings. The number of hydrogen-bond acceptors (Lipinski definition) is 20. The number of nitrogens with two attached hydrogens (primary N) is 2. The zero-order valence-corrected chi connectivity index (χ0v) is 30.5. The maximum absolute atomic E-state index is 11.8. The molecule has 20 nitrogen and oxygen atoms in total. The van der Waals surface area contributed by atoms with E-state index in [0.717, 1.165) is 0 Å². The highest BCUT2D eigenvalue weighted by Crippen LogP contribution is 2.23. The summed E-state index contributed by atoms with van der Waals surface area (Å²) in [5, 5.41) is 16.8. The average molecular weight is 794 g/mol. The Morgan fingerprint density at radius 2 is 0.804 bits per heavy atom. The summed E-state index contributed by atoms with van der Waals surface area (Å²) in [5.74, 6) is -1.24. The molecule has 4 atom stereocenters. The summed E-state index contributed by atoms with van der Waals surface area (Å²) < 4.78 is 78.5. The molecule has 0 spiro atoms. The van der Waals surface area contributed by atoms with E-state index in [0.29, 0.717) is 11.5 Å². The lowest BCUT2D eigenvalue weighted by molar-refractivity contribution is -2.00. The number of ether oxygens (including phenoxy) is 2. The van der Waals surface area contributed by atoms with Crippen molar-refractivity contribution >= 4 is 67.1 Å². The molecule has 0 aromatic carbocycles. The number of halogens is 2. The second-order valence-electron chi connectivity index (χ2n) is 10.2. The third-order valence-corrected chi connectivity index (χ3v) is 8.35. The largest absolute Gasteiger partial charge is 0.480 e. The quantitative estimate of drug-likeness (QED) is 0.0540. The van der Waals surface area contributed by atoms with Gasteiger partial charge in [-0.2, -0.15) is 0 Å². The topological polar surface area (TPSA) is 419 Å². The van der Waals surface area contributed by atoms with Gasteiger partial charge in [0.15, 0.2) is 12.1 Å². The third kappa shape index (κ3) is 50.2. The second-order valence-corrected chi connectivity index (χ2v) is 16.9. The molecule has 0 aliphatic rings. The maximum Gasteiger partial charge on any atom is 0.366 e. The molecule has 0 unspecified atom stereocenters. The van der Waals surface area contributed by atoms with Gasteiger partial charge in [0, 0.05) is 11.5 Å². The maximum atomic E-state index is 11.8. The van der Waals surface area contributed by atoms with Crippen molar-refractivity contribution in [3.63, 3.8) is 0 Å². The van der Waals surface area contributed by atoms with Crippen molar-refractivity contribution < 1.29 is 108 Å². The van der Waals surface area contributed by atoms with Crippen molar-refractivity contribution in [2.75, 3.05) is 23.0 Å². The fourth-order valence-electron chi connectivity index (χ4n) is 1.55. The first kappa shape index (κ1) is 52.2. The Hall–Kier alpha value is -0.620. The molecule has 0 aromatic heterocycles. The van der Waals surface area contributed by atoms with Crippen LogP contribution in [0.25, 0.3) is 0 Å². The highest BCUT2D eigenvalue weighted by Gasteiger charge is 2.27. The number of carbonyl (C=O) groups excluding carboxylic acids is 2. The van der Waals surface area contributed by atoms with Crippen LogP contribution in [0.15, 0.2) is 0 Å². The molecule has 0 amide bonds. The molecule has 26 heteroatoms. The van der Waals surface area contributed by atoms with Crippen LogP contribution in [0.5, 0.6) is 0 Å². The molecular formula is C20H42Cl2N4O16S4. The zero-order chi connectivity index (χ0) is 37.7. The summed E-state index contributed by atoms with van der Waals surface area (Å²) >= 11 is 0. The van der Waals surface area contributed by atoms with Crippen molar-refractivity contribution in [2.45, 2.75) is 76.9 Å². The van der Waals surface area contributed by atoms with E-state index in [2.05, 4.69) is 11.5 Å². The predicted octanol–water partition coefficient (Wildman–Crippen LogP) is -10.0. The molecule has 12 N–H and O–H groups in total. The van der Waals surface area contributed by atoms with E-state index in [1.54, 1.807) is 0 Å². The summed E-state index contributed by atoms with van der Waals surface area (Å²) in [7, 11) is -4.51. The first-order chi connectivity index (χ1) is 20.3. The van der Waals surface area contributed by atoms with Crippen LogP contribution in [-0.4, -0.2) is 92.5 Å². The van der Waals surface area contributed by atoms with E-state index in [4.69, 9.17) is 68.4 Å². The van der Waals surface area contributed by atoms with Crippen LogP contribution < -0.4 is 60.2 Å². The van der Waals surface area contributed by atoms with Crippen molar-refractivity contribution in [3.8, 4) is 0 Å². The number of esters is 2. The number of rotatable bonds is 14. The van der Waals surface area contributed by atoms with Gasteiger partial charge in [-0.15, -0.1) is 20.5 Å². The Morgan fingerprint density at radius 3 is 0.978 bits per heavy atom. The number of carbonyl (C=O) groups is 4. The fraction of sp³-hybridized carbons (Fsp3) is 0.800. The Balaban J connectivity index is -0.000000310. The fourth-order valence-corrected chi connectivity index (χ4v) is 6.14. The lowest BCUT2D eigenvalue weighted by Gasteiger charge is -2.21. The van der Waals surface area contributed by atoms with Crippen LogP contribution in [0.4, 0.5) is 0 Å². The van der Waals surface area contributed by atoms with E-state index in [1.165, 1.54) is 43.2 Å². The average Bonchev–Trinajstić information content (AvgIpc) is 2.79. The molecular weight excluding hydrogens is 751 g/mol. The molecule has 46 heavy (non-hydrogen) atoms. The summed E-state index contributed by atoms with van der Waals surface area (Å²) in [6.45, 7) is 11.0. The van der Waals surface area contributed by atoms with E-state index in [9.17, 15) is 19.2 Å². The van der Waals surface area contributed by atoms with Gasteiger partial charge >= 0.3 is 23.9 Å². The molecule has 0 saturated carbocycles. The van der Waals surface area contributed by atoms with Gasteiger partial charge < -0.3 is 42.6 Å². The van der Waals surface area contributed by atoms with Crippen LogP contribution in [0.2, 0.25) is 0 Å². The van der Waals surface area contributed by atoms with E-state index in [-0.39, 0.29) is 23.4 Å². The number of carboxylic acids is 2. The van der Waals surface area contributed by atoms with E-state index >= 15 is 0 Å². The predicted molar refractivity (Wildman–Crippen MR) is 146 cm³/mol. The molecule has 0 fully saturated rings. The molecule has 0 aliphatic heterocycles. The normalized spacial score (nSPS) is 14.3. The van der Waals surface area contributed by atoms with Gasteiger partial charge in [-0.05, 0) is 41.5 Å². The molecule has 0 rings (SSSR count). The monoisotopic (exact) mass is 792 g/mol. The van der Waals surface area contributed by atoms with Crippen LogP contribution in [0.3, 0.4) is 0 Å². The van der Waals surface area contributed by atoms with Gasteiger partial charge in [0.2, 0.25) is 0 Å². The van der Waals surface area contributed by atoms with Gasteiger partial charge in [0.05, 0.1) is 11.5 Å². The van der Waals surface area contributed by atoms with Crippen LogP contribution >= 0.6 is 43.2 Å². The van der Waals surface area contributed by atoms with Gasteiger partial charge in [-0.3, -0.25) is 9.59 Å². The summed E-state index contributed by atoms with van der Waals surface area (Å²) in [6.07, 6.45) is 0. The Bertz CT molecular complexity index is 808.